The van der Waals surface area contributed by atoms with Crippen molar-refractivity contribution in [3.8, 4) is 0 Å². The molecule has 0 fully saturated rings. The first kappa shape index (κ1) is 18.6. The average molecular weight is 416 g/mol. The number of nitrogens with one attached hydrogen (secondary N) is 1. The van der Waals surface area contributed by atoms with Crippen LogP contribution in [0.15, 0.2) is 58.8 Å². The number of hydrogen-bond donors (Lipinski definition) is 1. The van der Waals surface area contributed by atoms with E-state index in [1.54, 1.807) is 36.1 Å². The standard InChI is InChI=1S/C20H17FN2O3S2/c1-13-11-15(21)4-7-19(13)28(25,26)22-16-5-6-17-14(12-16)8-9-23(17)20(24)18-3-2-10-27-18/h2-7,10-12,22H,8-9H2,1H3. The quantitative estimate of drug-likeness (QED) is 0.693. The first-order chi connectivity index (χ1) is 13.3. The first-order valence-corrected chi connectivity index (χ1v) is 11.0. The van der Waals surface area contributed by atoms with Gasteiger partial charge in [-0.3, -0.25) is 9.52 Å². The van der Waals surface area contributed by atoms with Gasteiger partial charge in [-0.25, -0.2) is 12.8 Å². The van der Waals surface area contributed by atoms with Gasteiger partial charge in [-0.1, -0.05) is 6.07 Å². The Morgan fingerprint density at radius 3 is 2.71 bits per heavy atom. The van der Waals surface area contributed by atoms with Crippen molar-refractivity contribution in [3.05, 3.63) is 75.7 Å². The molecule has 0 saturated carbocycles. The van der Waals surface area contributed by atoms with Crippen LogP contribution in [0.4, 0.5) is 15.8 Å². The molecule has 1 aromatic heterocycles. The maximum absolute atomic E-state index is 13.3. The fourth-order valence-electron chi connectivity index (χ4n) is 3.33. The van der Waals surface area contributed by atoms with Crippen molar-refractivity contribution >= 4 is 38.6 Å². The van der Waals surface area contributed by atoms with E-state index >= 15 is 0 Å². The Labute approximate surface area is 166 Å². The normalized spacial score (nSPS) is 13.4. The van der Waals surface area contributed by atoms with Gasteiger partial charge in [0, 0.05) is 17.9 Å². The summed E-state index contributed by atoms with van der Waals surface area (Å²) in [5.41, 5.74) is 2.44. The predicted molar refractivity (Wildman–Crippen MR) is 108 cm³/mol. The number of nitrogens with zero attached hydrogens (tertiary/aromatic N) is 1. The van der Waals surface area contributed by atoms with Crippen molar-refractivity contribution in [1.29, 1.82) is 0 Å². The topological polar surface area (TPSA) is 66.5 Å². The van der Waals surface area contributed by atoms with Crippen LogP contribution in [0.25, 0.3) is 0 Å². The molecule has 0 atom stereocenters. The highest BCUT2D eigenvalue weighted by molar-refractivity contribution is 7.92. The molecule has 1 amide bonds. The summed E-state index contributed by atoms with van der Waals surface area (Å²) in [6.45, 7) is 2.10. The van der Waals surface area contributed by atoms with Gasteiger partial charge in [-0.2, -0.15) is 0 Å². The summed E-state index contributed by atoms with van der Waals surface area (Å²) in [5, 5.41) is 1.86. The Hall–Kier alpha value is -2.71. The lowest BCUT2D eigenvalue weighted by Crippen LogP contribution is -2.28. The number of carbonyl (C=O) groups excluding carboxylic acids is 1. The number of rotatable bonds is 4. The number of amides is 1. The molecular formula is C20H17FN2O3S2. The number of halogens is 1. The summed E-state index contributed by atoms with van der Waals surface area (Å²) in [6, 6.07) is 12.3. The predicted octanol–water partition coefficient (Wildman–Crippen LogP) is 4.20. The summed E-state index contributed by atoms with van der Waals surface area (Å²) >= 11 is 1.39. The molecule has 0 bridgehead atoms. The van der Waals surface area contributed by atoms with E-state index in [0.29, 0.717) is 29.1 Å². The fourth-order valence-corrected chi connectivity index (χ4v) is 5.28. The third kappa shape index (κ3) is 3.41. The van der Waals surface area contributed by atoms with Crippen molar-refractivity contribution in [3.63, 3.8) is 0 Å². The molecule has 2 heterocycles. The summed E-state index contributed by atoms with van der Waals surface area (Å²) in [7, 11) is -3.84. The van der Waals surface area contributed by atoms with Crippen LogP contribution in [0.1, 0.15) is 20.8 Å². The van der Waals surface area contributed by atoms with Gasteiger partial charge in [0.05, 0.1) is 9.77 Å². The molecule has 1 N–H and O–H groups in total. The summed E-state index contributed by atoms with van der Waals surface area (Å²) in [6.07, 6.45) is 0.650. The maximum Gasteiger partial charge on any atom is 0.268 e. The smallest absolute Gasteiger partial charge is 0.268 e. The van der Waals surface area contributed by atoms with Crippen molar-refractivity contribution in [2.45, 2.75) is 18.2 Å². The van der Waals surface area contributed by atoms with Gasteiger partial charge in [0.25, 0.3) is 15.9 Å². The first-order valence-electron chi connectivity index (χ1n) is 8.62. The van der Waals surface area contributed by atoms with E-state index in [-0.39, 0.29) is 10.8 Å². The lowest BCUT2D eigenvalue weighted by atomic mass is 10.1. The number of aryl methyl sites for hydroxylation is 1. The second-order valence-electron chi connectivity index (χ2n) is 6.54. The second kappa shape index (κ2) is 7.03. The number of anilines is 2. The molecule has 0 saturated heterocycles. The molecule has 4 rings (SSSR count). The minimum Gasteiger partial charge on any atom is -0.307 e. The summed E-state index contributed by atoms with van der Waals surface area (Å²) in [4.78, 5) is 15.0. The Morgan fingerprint density at radius 1 is 1.18 bits per heavy atom. The Balaban J connectivity index is 1.59. The summed E-state index contributed by atoms with van der Waals surface area (Å²) in [5.74, 6) is -0.534. The van der Waals surface area contributed by atoms with Gasteiger partial charge in [0.2, 0.25) is 0 Å². The monoisotopic (exact) mass is 416 g/mol. The highest BCUT2D eigenvalue weighted by Crippen LogP contribution is 2.33. The number of thiophene rings is 1. The molecule has 0 unspecified atom stereocenters. The van der Waals surface area contributed by atoms with E-state index in [1.165, 1.54) is 23.5 Å². The van der Waals surface area contributed by atoms with Crippen LogP contribution in [0.5, 0.6) is 0 Å². The molecule has 0 spiro atoms. The molecule has 5 nitrogen and oxygen atoms in total. The summed E-state index contributed by atoms with van der Waals surface area (Å²) < 4.78 is 41.1. The van der Waals surface area contributed by atoms with Gasteiger partial charge >= 0.3 is 0 Å². The van der Waals surface area contributed by atoms with Crippen LogP contribution in [0.2, 0.25) is 0 Å². The van der Waals surface area contributed by atoms with E-state index in [1.807, 2.05) is 11.4 Å². The Morgan fingerprint density at radius 2 is 2.00 bits per heavy atom. The van der Waals surface area contributed by atoms with Gasteiger partial charge in [-0.05, 0) is 72.3 Å². The van der Waals surface area contributed by atoms with Crippen molar-refractivity contribution in [2.75, 3.05) is 16.2 Å². The highest BCUT2D eigenvalue weighted by Gasteiger charge is 2.27. The Kier molecular flexibility index (Phi) is 4.68. The van der Waals surface area contributed by atoms with Crippen LogP contribution in [-0.2, 0) is 16.4 Å². The zero-order valence-corrected chi connectivity index (χ0v) is 16.6. The van der Waals surface area contributed by atoms with Crippen LogP contribution in [0, 0.1) is 12.7 Å². The molecule has 8 heteroatoms. The average Bonchev–Trinajstić information content (AvgIpc) is 3.30. The minimum atomic E-state index is -3.84. The third-order valence-electron chi connectivity index (χ3n) is 4.63. The van der Waals surface area contributed by atoms with Crippen LogP contribution >= 0.6 is 11.3 Å². The van der Waals surface area contributed by atoms with Crippen molar-refractivity contribution in [2.24, 2.45) is 0 Å². The lowest BCUT2D eigenvalue weighted by molar-refractivity contribution is 0.0993. The molecule has 1 aliphatic heterocycles. The molecule has 28 heavy (non-hydrogen) atoms. The number of sulfonamides is 1. The van der Waals surface area contributed by atoms with Gasteiger partial charge < -0.3 is 4.90 Å². The van der Waals surface area contributed by atoms with Crippen molar-refractivity contribution < 1.29 is 17.6 Å². The SMILES string of the molecule is Cc1cc(F)ccc1S(=O)(=O)Nc1ccc2c(c1)CCN2C(=O)c1cccs1. The van der Waals surface area contributed by atoms with Gasteiger partial charge in [0.1, 0.15) is 5.82 Å². The molecule has 0 radical (unpaired) electrons. The molecule has 0 aliphatic carbocycles. The number of benzene rings is 2. The number of fused-ring (bicyclic) bond motifs is 1. The van der Waals surface area contributed by atoms with Crippen LogP contribution in [-0.4, -0.2) is 20.9 Å². The minimum absolute atomic E-state index is 0.0314. The zero-order valence-electron chi connectivity index (χ0n) is 15.0. The fraction of sp³-hybridized carbons (Fsp3) is 0.150. The molecule has 2 aromatic carbocycles. The van der Waals surface area contributed by atoms with Gasteiger partial charge in [-0.15, -0.1) is 11.3 Å². The largest absolute Gasteiger partial charge is 0.307 e. The van der Waals surface area contributed by atoms with E-state index < -0.39 is 15.8 Å². The highest BCUT2D eigenvalue weighted by atomic mass is 32.2. The van der Waals surface area contributed by atoms with E-state index in [0.717, 1.165) is 17.3 Å². The lowest BCUT2D eigenvalue weighted by Gasteiger charge is -2.17. The molecule has 3 aromatic rings. The van der Waals surface area contributed by atoms with Crippen LogP contribution < -0.4 is 9.62 Å². The Bertz CT molecular complexity index is 1160. The van der Waals surface area contributed by atoms with E-state index in [4.69, 9.17) is 0 Å². The number of hydrogen-bond acceptors (Lipinski definition) is 4. The van der Waals surface area contributed by atoms with Crippen molar-refractivity contribution in [1.82, 2.24) is 0 Å². The third-order valence-corrected chi connectivity index (χ3v) is 7.03. The van der Waals surface area contributed by atoms with E-state index in [9.17, 15) is 17.6 Å². The molecular weight excluding hydrogens is 399 g/mol. The molecule has 144 valence electrons. The zero-order chi connectivity index (χ0) is 19.9. The van der Waals surface area contributed by atoms with Crippen LogP contribution in [0.3, 0.4) is 0 Å². The van der Waals surface area contributed by atoms with E-state index in [2.05, 4.69) is 4.72 Å². The maximum atomic E-state index is 13.3. The van der Waals surface area contributed by atoms with Gasteiger partial charge in [0.15, 0.2) is 0 Å². The second-order valence-corrected chi connectivity index (χ2v) is 9.14. The molecule has 1 aliphatic rings. The number of carbonyl (C=O) groups is 1.